The van der Waals surface area contributed by atoms with Gasteiger partial charge in [0.1, 0.15) is 0 Å². The lowest BCUT2D eigenvalue weighted by Gasteiger charge is -2.14. The van der Waals surface area contributed by atoms with Gasteiger partial charge in [0.05, 0.1) is 0 Å². The Morgan fingerprint density at radius 3 is 2.40 bits per heavy atom. The molecule has 0 aliphatic carbocycles. The van der Waals surface area contributed by atoms with Crippen LogP contribution >= 0.6 is 15.9 Å². The topological polar surface area (TPSA) is 64.1 Å². The fraction of sp³-hybridized carbons (Fsp3) is 0.412. The first-order chi connectivity index (χ1) is 12.0. The van der Waals surface area contributed by atoms with Gasteiger partial charge in [0.2, 0.25) is 5.95 Å². The normalized spacial score (nSPS) is 15.1. The number of aryl methyl sites for hydroxylation is 2. The quantitative estimate of drug-likeness (QED) is 0.674. The molecular weight excluding hydrogens is 382 g/mol. The molecule has 0 amide bonds. The summed E-state index contributed by atoms with van der Waals surface area (Å²) in [4.78, 5) is 11.5. The number of anilines is 1. The second-order valence-corrected chi connectivity index (χ2v) is 7.24. The van der Waals surface area contributed by atoms with E-state index in [1.54, 1.807) is 4.52 Å². The van der Waals surface area contributed by atoms with Crippen molar-refractivity contribution in [1.29, 1.82) is 0 Å². The molecule has 0 saturated carbocycles. The summed E-state index contributed by atoms with van der Waals surface area (Å²) in [7, 11) is 1.94. The first kappa shape index (κ1) is 16.3. The van der Waals surface area contributed by atoms with Crippen molar-refractivity contribution in [2.45, 2.75) is 26.7 Å². The maximum atomic E-state index is 4.63. The lowest BCUT2D eigenvalue weighted by molar-refractivity contribution is 0.733. The van der Waals surface area contributed by atoms with Crippen LogP contribution < -0.4 is 4.90 Å². The highest BCUT2D eigenvalue weighted by atomic mass is 79.9. The van der Waals surface area contributed by atoms with E-state index in [1.807, 2.05) is 30.1 Å². The van der Waals surface area contributed by atoms with Crippen LogP contribution in [0.3, 0.4) is 0 Å². The number of hydrogen-bond acceptors (Lipinski definition) is 5. The lowest BCUT2D eigenvalue weighted by atomic mass is 10.2. The van der Waals surface area contributed by atoms with E-state index >= 15 is 0 Å². The van der Waals surface area contributed by atoms with Gasteiger partial charge in [0, 0.05) is 30.8 Å². The summed E-state index contributed by atoms with van der Waals surface area (Å²) in [6.45, 7) is 6.23. The van der Waals surface area contributed by atoms with Gasteiger partial charge in [-0.1, -0.05) is 0 Å². The number of pyridine rings is 1. The summed E-state index contributed by atoms with van der Waals surface area (Å²) in [5, 5.41) is 8.99. The van der Waals surface area contributed by atoms with Crippen LogP contribution in [0.15, 0.2) is 10.7 Å². The summed E-state index contributed by atoms with van der Waals surface area (Å²) >= 11 is 3.56. The molecule has 1 saturated heterocycles. The third-order valence-corrected chi connectivity index (χ3v) is 5.47. The Balaban J connectivity index is 1.63. The Labute approximate surface area is 154 Å². The molecule has 0 atom stereocenters. The number of hydrogen-bond donors (Lipinski definition) is 0. The molecular formula is C17H20BrN7. The van der Waals surface area contributed by atoms with Crippen molar-refractivity contribution in [2.75, 3.05) is 18.0 Å². The van der Waals surface area contributed by atoms with Gasteiger partial charge in [-0.2, -0.15) is 10.1 Å². The molecule has 1 aliphatic heterocycles. The number of fused-ring (bicyclic) bond motifs is 1. The smallest absolute Gasteiger partial charge is 0.224 e. The zero-order valence-corrected chi connectivity index (χ0v) is 16.2. The van der Waals surface area contributed by atoms with Crippen LogP contribution in [0.2, 0.25) is 0 Å². The first-order valence-electron chi connectivity index (χ1n) is 8.39. The number of rotatable bonds is 3. The maximum absolute atomic E-state index is 4.63. The third-order valence-electron chi connectivity index (χ3n) is 4.67. The van der Waals surface area contributed by atoms with Crippen molar-refractivity contribution in [3.05, 3.63) is 33.4 Å². The molecule has 0 aromatic carbocycles. The fourth-order valence-corrected chi connectivity index (χ4v) is 3.61. The Hall–Kier alpha value is -2.22. The van der Waals surface area contributed by atoms with Gasteiger partial charge in [-0.05, 0) is 65.9 Å². The highest BCUT2D eigenvalue weighted by Gasteiger charge is 2.18. The van der Waals surface area contributed by atoms with E-state index in [0.717, 1.165) is 34.7 Å². The minimum atomic E-state index is 0.649. The van der Waals surface area contributed by atoms with Crippen LogP contribution in [0.25, 0.3) is 17.8 Å². The van der Waals surface area contributed by atoms with Crippen molar-refractivity contribution in [1.82, 2.24) is 29.4 Å². The zero-order valence-electron chi connectivity index (χ0n) is 14.6. The molecule has 1 aliphatic rings. The number of nitrogens with zero attached hydrogens (tertiary/aromatic N) is 7. The predicted octanol–water partition coefficient (Wildman–Crippen LogP) is 3.01. The van der Waals surface area contributed by atoms with Crippen LogP contribution in [0.1, 0.15) is 35.6 Å². The fourth-order valence-electron chi connectivity index (χ4n) is 3.11. The Bertz CT molecular complexity index is 963. The van der Waals surface area contributed by atoms with E-state index in [0.29, 0.717) is 11.6 Å². The minimum Gasteiger partial charge on any atom is -0.341 e. The molecule has 0 N–H and O–H groups in total. The van der Waals surface area contributed by atoms with Gasteiger partial charge in [0.25, 0.3) is 0 Å². The molecule has 25 heavy (non-hydrogen) atoms. The molecule has 3 aromatic heterocycles. The van der Waals surface area contributed by atoms with Gasteiger partial charge < -0.3 is 4.90 Å². The van der Waals surface area contributed by atoms with E-state index in [-0.39, 0.29) is 0 Å². The van der Waals surface area contributed by atoms with E-state index in [1.165, 1.54) is 18.4 Å². The van der Waals surface area contributed by atoms with Crippen LogP contribution in [0.4, 0.5) is 5.95 Å². The van der Waals surface area contributed by atoms with Gasteiger partial charge in [-0.15, -0.1) is 5.10 Å². The van der Waals surface area contributed by atoms with Crippen LogP contribution in [0, 0.1) is 13.8 Å². The maximum Gasteiger partial charge on any atom is 0.224 e. The first-order valence-corrected chi connectivity index (χ1v) is 9.18. The van der Waals surface area contributed by atoms with Gasteiger partial charge in [-0.3, -0.25) is 0 Å². The second-order valence-electron chi connectivity index (χ2n) is 6.39. The number of aromatic nitrogens is 6. The molecule has 4 heterocycles. The molecule has 0 unspecified atom stereocenters. The van der Waals surface area contributed by atoms with E-state index < -0.39 is 0 Å². The molecule has 1 fully saturated rings. The molecule has 7 nitrogen and oxygen atoms in total. The van der Waals surface area contributed by atoms with E-state index in [4.69, 9.17) is 0 Å². The van der Waals surface area contributed by atoms with Crippen molar-refractivity contribution in [3.63, 3.8) is 0 Å². The molecule has 130 valence electrons. The predicted molar refractivity (Wildman–Crippen MR) is 102 cm³/mol. The molecule has 0 spiro atoms. The summed E-state index contributed by atoms with van der Waals surface area (Å²) in [5.74, 6) is 2.25. The van der Waals surface area contributed by atoms with Gasteiger partial charge in [0.15, 0.2) is 17.3 Å². The molecule has 0 radical (unpaired) electrons. The van der Waals surface area contributed by atoms with Gasteiger partial charge in [-0.25, -0.2) is 14.2 Å². The van der Waals surface area contributed by atoms with Crippen molar-refractivity contribution in [3.8, 4) is 0 Å². The van der Waals surface area contributed by atoms with Crippen molar-refractivity contribution in [2.24, 2.45) is 7.05 Å². The summed E-state index contributed by atoms with van der Waals surface area (Å²) in [5.41, 5.74) is 3.16. The highest BCUT2D eigenvalue weighted by Crippen LogP contribution is 2.22. The SMILES string of the molecule is Cc1c(Br)cn2nc(C=Cc3nc(N4CCCC4)n(C)n3)nc2c1C. The summed E-state index contributed by atoms with van der Waals surface area (Å²) in [6, 6.07) is 0. The van der Waals surface area contributed by atoms with Gasteiger partial charge >= 0.3 is 0 Å². The minimum absolute atomic E-state index is 0.649. The summed E-state index contributed by atoms with van der Waals surface area (Å²) in [6.07, 6.45) is 8.10. The molecule has 3 aromatic rings. The standard InChI is InChI=1S/C17H20BrN7/c1-11-12(2)16-19-14(22-25(16)10-13(11)18)6-7-15-20-17(23(3)21-15)24-8-4-5-9-24/h6-7,10H,4-5,8-9H2,1-3H3. The summed E-state index contributed by atoms with van der Waals surface area (Å²) < 4.78 is 4.67. The van der Waals surface area contributed by atoms with Crippen LogP contribution in [-0.2, 0) is 7.05 Å². The zero-order chi connectivity index (χ0) is 17.6. The second kappa shape index (κ2) is 6.25. The molecule has 8 heteroatoms. The van der Waals surface area contributed by atoms with Crippen LogP contribution in [-0.4, -0.2) is 42.5 Å². The Morgan fingerprint density at radius 1 is 1.00 bits per heavy atom. The molecule has 0 bridgehead atoms. The largest absolute Gasteiger partial charge is 0.341 e. The average Bonchev–Trinajstić information content (AvgIpc) is 3.30. The highest BCUT2D eigenvalue weighted by molar-refractivity contribution is 9.10. The van der Waals surface area contributed by atoms with Crippen molar-refractivity contribution >= 4 is 39.7 Å². The van der Waals surface area contributed by atoms with Crippen LogP contribution in [0.5, 0.6) is 0 Å². The van der Waals surface area contributed by atoms with E-state index in [9.17, 15) is 0 Å². The third kappa shape index (κ3) is 2.95. The van der Waals surface area contributed by atoms with Crippen molar-refractivity contribution < 1.29 is 0 Å². The Morgan fingerprint density at radius 2 is 1.68 bits per heavy atom. The monoisotopic (exact) mass is 401 g/mol. The molecule has 4 rings (SSSR count). The Kier molecular flexibility index (Phi) is 4.07. The number of halogens is 1. The van der Waals surface area contributed by atoms with E-state index in [2.05, 4.69) is 54.8 Å². The lowest BCUT2D eigenvalue weighted by Crippen LogP contribution is -2.21. The average molecular weight is 402 g/mol.